The predicted molar refractivity (Wildman–Crippen MR) is 103 cm³/mol. The Bertz CT molecular complexity index is 972. The van der Waals surface area contributed by atoms with Gasteiger partial charge < -0.3 is 14.8 Å². The zero-order chi connectivity index (χ0) is 22.6. The Morgan fingerprint density at radius 2 is 1.74 bits per heavy atom. The summed E-state index contributed by atoms with van der Waals surface area (Å²) in [5.74, 6) is -3.34. The molecule has 3 rings (SSSR count). The van der Waals surface area contributed by atoms with Crippen molar-refractivity contribution in [3.63, 3.8) is 0 Å². The van der Waals surface area contributed by atoms with Crippen molar-refractivity contribution in [3.05, 3.63) is 77.6 Å². The minimum atomic E-state index is -4.82. The minimum Gasteiger partial charge on any atom is -0.469 e. The molecule has 0 spiro atoms. The molecular formula is C22H19F4NO4. The number of nitrogens with one attached hydrogen (secondary N) is 1. The Labute approximate surface area is 175 Å². The summed E-state index contributed by atoms with van der Waals surface area (Å²) in [7, 11) is 1.22. The molecule has 1 N–H and O–H groups in total. The average Bonchev–Trinajstić information content (AvgIpc) is 3.16. The van der Waals surface area contributed by atoms with Crippen LogP contribution in [0.4, 0.5) is 17.6 Å². The van der Waals surface area contributed by atoms with Gasteiger partial charge in [-0.3, -0.25) is 9.59 Å². The van der Waals surface area contributed by atoms with Gasteiger partial charge in [0.15, 0.2) is 0 Å². The van der Waals surface area contributed by atoms with Crippen molar-refractivity contribution in [1.29, 1.82) is 0 Å². The van der Waals surface area contributed by atoms with Crippen LogP contribution in [-0.2, 0) is 9.53 Å². The summed E-state index contributed by atoms with van der Waals surface area (Å²) in [6.45, 7) is 0. The van der Waals surface area contributed by atoms with Gasteiger partial charge in [0.2, 0.25) is 0 Å². The van der Waals surface area contributed by atoms with Gasteiger partial charge in [-0.05, 0) is 42.7 Å². The molecule has 0 aromatic heterocycles. The minimum absolute atomic E-state index is 0.144. The molecule has 3 unspecified atom stereocenters. The first-order valence-corrected chi connectivity index (χ1v) is 9.35. The summed E-state index contributed by atoms with van der Waals surface area (Å²) in [4.78, 5) is 24.8. The summed E-state index contributed by atoms with van der Waals surface area (Å²) >= 11 is 0. The number of allylic oxidation sites excluding steroid dienone is 1. The van der Waals surface area contributed by atoms with E-state index in [0.717, 1.165) is 12.1 Å². The Morgan fingerprint density at radius 1 is 1.06 bits per heavy atom. The second-order valence-electron chi connectivity index (χ2n) is 6.96. The van der Waals surface area contributed by atoms with Gasteiger partial charge in [0.1, 0.15) is 11.6 Å². The molecule has 164 valence electrons. The van der Waals surface area contributed by atoms with E-state index in [1.165, 1.54) is 37.4 Å². The van der Waals surface area contributed by atoms with Gasteiger partial charge in [-0.1, -0.05) is 30.4 Å². The molecule has 9 heteroatoms. The molecule has 2 aromatic rings. The molecular weight excluding hydrogens is 418 g/mol. The highest BCUT2D eigenvalue weighted by molar-refractivity contribution is 5.94. The summed E-state index contributed by atoms with van der Waals surface area (Å²) < 4.78 is 59.6. The zero-order valence-corrected chi connectivity index (χ0v) is 16.4. The van der Waals surface area contributed by atoms with Crippen molar-refractivity contribution < 1.29 is 36.6 Å². The molecule has 1 aliphatic rings. The highest BCUT2D eigenvalue weighted by atomic mass is 19.4. The van der Waals surface area contributed by atoms with Crippen LogP contribution < -0.4 is 10.1 Å². The maximum absolute atomic E-state index is 14.3. The molecule has 5 nitrogen and oxygen atoms in total. The molecule has 31 heavy (non-hydrogen) atoms. The fraction of sp³-hybridized carbons (Fsp3) is 0.273. The van der Waals surface area contributed by atoms with E-state index in [1.807, 2.05) is 0 Å². The lowest BCUT2D eigenvalue weighted by atomic mass is 9.85. The number of halogens is 4. The number of methoxy groups -OCH3 is 1. The Kier molecular flexibility index (Phi) is 6.62. The van der Waals surface area contributed by atoms with Gasteiger partial charge in [0, 0.05) is 17.2 Å². The lowest BCUT2D eigenvalue weighted by Gasteiger charge is -2.22. The summed E-state index contributed by atoms with van der Waals surface area (Å²) in [5.41, 5.74) is 0.348. The third kappa shape index (κ3) is 5.62. The first kappa shape index (κ1) is 22.3. The monoisotopic (exact) mass is 437 g/mol. The van der Waals surface area contributed by atoms with E-state index in [1.54, 1.807) is 18.2 Å². The molecule has 0 saturated heterocycles. The number of hydrogen-bond acceptors (Lipinski definition) is 4. The highest BCUT2D eigenvalue weighted by Gasteiger charge is 2.35. The Balaban J connectivity index is 1.66. The molecule has 0 aliphatic heterocycles. The van der Waals surface area contributed by atoms with Crippen LogP contribution in [0.5, 0.6) is 5.75 Å². The van der Waals surface area contributed by atoms with Gasteiger partial charge in [0.25, 0.3) is 5.91 Å². The van der Waals surface area contributed by atoms with Gasteiger partial charge in [-0.25, -0.2) is 4.39 Å². The lowest BCUT2D eigenvalue weighted by molar-refractivity contribution is -0.274. The molecule has 0 heterocycles. The summed E-state index contributed by atoms with van der Waals surface area (Å²) in [6, 6.07) is 9.98. The van der Waals surface area contributed by atoms with Crippen LogP contribution in [0, 0.1) is 11.7 Å². The van der Waals surface area contributed by atoms with Crippen LogP contribution >= 0.6 is 0 Å². The highest BCUT2D eigenvalue weighted by Crippen LogP contribution is 2.35. The van der Waals surface area contributed by atoms with Crippen LogP contribution in [0.2, 0.25) is 0 Å². The molecule has 1 aliphatic carbocycles. The van der Waals surface area contributed by atoms with E-state index in [9.17, 15) is 27.2 Å². The zero-order valence-electron chi connectivity index (χ0n) is 16.4. The number of hydrogen-bond donors (Lipinski definition) is 1. The molecule has 1 amide bonds. The SMILES string of the molecule is COC(=O)C(c1ccccc1F)C1C=CC(NC(=O)c2ccc(OC(F)(F)F)cc2)C1. The van der Waals surface area contributed by atoms with Crippen molar-refractivity contribution in [2.75, 3.05) is 7.11 Å². The number of alkyl halides is 3. The van der Waals surface area contributed by atoms with E-state index in [-0.39, 0.29) is 11.1 Å². The van der Waals surface area contributed by atoms with Crippen molar-refractivity contribution in [2.45, 2.75) is 24.7 Å². The number of rotatable bonds is 6. The second kappa shape index (κ2) is 9.20. The average molecular weight is 437 g/mol. The van der Waals surface area contributed by atoms with Gasteiger partial charge in [0.05, 0.1) is 13.0 Å². The molecule has 0 radical (unpaired) electrons. The molecule has 0 fully saturated rings. The Morgan fingerprint density at radius 3 is 2.35 bits per heavy atom. The van der Waals surface area contributed by atoms with E-state index in [2.05, 4.69) is 10.1 Å². The first-order chi connectivity index (χ1) is 14.7. The quantitative estimate of drug-likeness (QED) is 0.415. The fourth-order valence-electron chi connectivity index (χ4n) is 3.53. The number of esters is 1. The largest absolute Gasteiger partial charge is 0.573 e. The van der Waals surface area contributed by atoms with E-state index in [0.29, 0.717) is 6.42 Å². The van der Waals surface area contributed by atoms with Crippen molar-refractivity contribution in [3.8, 4) is 5.75 Å². The standard InChI is InChI=1S/C22H19F4NO4/c1-30-21(29)19(17-4-2-3-5-18(17)23)14-6-9-15(12-14)27-20(28)13-7-10-16(11-8-13)31-22(24,25)26/h2-11,14-15,19H,12H2,1H3,(H,27,28). The smallest absolute Gasteiger partial charge is 0.469 e. The molecule has 0 bridgehead atoms. The van der Waals surface area contributed by atoms with Crippen LogP contribution in [0.25, 0.3) is 0 Å². The van der Waals surface area contributed by atoms with E-state index in [4.69, 9.17) is 4.74 Å². The normalized spacial score (nSPS) is 19.0. The van der Waals surface area contributed by atoms with E-state index >= 15 is 0 Å². The van der Waals surface area contributed by atoms with Crippen LogP contribution in [-0.4, -0.2) is 31.4 Å². The topological polar surface area (TPSA) is 64.6 Å². The summed E-state index contributed by atoms with van der Waals surface area (Å²) in [5, 5.41) is 2.74. The number of carbonyl (C=O) groups is 2. The molecule has 0 saturated carbocycles. The lowest BCUT2D eigenvalue weighted by Crippen LogP contribution is -2.33. The van der Waals surface area contributed by atoms with Crippen LogP contribution in [0.1, 0.15) is 28.3 Å². The first-order valence-electron chi connectivity index (χ1n) is 9.35. The fourth-order valence-corrected chi connectivity index (χ4v) is 3.53. The second-order valence-corrected chi connectivity index (χ2v) is 6.96. The molecule has 3 atom stereocenters. The maximum Gasteiger partial charge on any atom is 0.573 e. The van der Waals surface area contributed by atoms with Crippen molar-refractivity contribution >= 4 is 11.9 Å². The van der Waals surface area contributed by atoms with Crippen molar-refractivity contribution in [2.24, 2.45) is 5.92 Å². The van der Waals surface area contributed by atoms with E-state index < -0.39 is 47.7 Å². The maximum atomic E-state index is 14.3. The summed E-state index contributed by atoms with van der Waals surface area (Å²) in [6.07, 6.45) is -1.07. The van der Waals surface area contributed by atoms with Crippen molar-refractivity contribution in [1.82, 2.24) is 5.32 Å². The number of benzene rings is 2. The van der Waals surface area contributed by atoms with Crippen LogP contribution in [0.15, 0.2) is 60.7 Å². The van der Waals surface area contributed by atoms with Gasteiger partial charge in [-0.2, -0.15) is 0 Å². The predicted octanol–water partition coefficient (Wildman–Crippen LogP) is 4.36. The number of ether oxygens (including phenoxy) is 2. The molecule has 2 aromatic carbocycles. The van der Waals surface area contributed by atoms with Gasteiger partial charge in [-0.15, -0.1) is 13.2 Å². The number of carbonyl (C=O) groups excluding carboxylic acids is 2. The van der Waals surface area contributed by atoms with Crippen LogP contribution in [0.3, 0.4) is 0 Å². The number of amides is 1. The third-order valence-electron chi connectivity index (χ3n) is 4.91. The Hall–Kier alpha value is -3.36. The third-order valence-corrected chi connectivity index (χ3v) is 4.91. The van der Waals surface area contributed by atoms with Gasteiger partial charge >= 0.3 is 12.3 Å².